The molecular formula is C65H122N6O27. The second-order valence-corrected chi connectivity index (χ2v) is 20.9. The number of ether oxygens (including phenoxy) is 23. The number of hydrogen-bond donors (Lipinski definition) is 4. The fourth-order valence-electron chi connectivity index (χ4n) is 7.70. The zero-order valence-electron chi connectivity index (χ0n) is 59.0. The molecule has 0 unspecified atom stereocenters. The van der Waals surface area contributed by atoms with Crippen LogP contribution in [0.2, 0.25) is 0 Å². The first kappa shape index (κ1) is 92.1. The summed E-state index contributed by atoms with van der Waals surface area (Å²) in [5.41, 5.74) is 11.6. The summed E-state index contributed by atoms with van der Waals surface area (Å²) in [4.78, 5) is 58.4. The summed E-state index contributed by atoms with van der Waals surface area (Å²) in [6.45, 7) is 21.3. The third kappa shape index (κ3) is 65.4. The lowest BCUT2D eigenvalue weighted by atomic mass is 10.1. The van der Waals surface area contributed by atoms with Gasteiger partial charge in [0.2, 0.25) is 5.91 Å². The van der Waals surface area contributed by atoms with E-state index >= 15 is 0 Å². The highest BCUT2D eigenvalue weighted by atomic mass is 16.6. The van der Waals surface area contributed by atoms with E-state index in [1.165, 1.54) is 0 Å². The largest absolute Gasteiger partial charge is 0.382 e. The molecule has 0 saturated carbocycles. The average molecular weight is 1420 g/mol. The van der Waals surface area contributed by atoms with Gasteiger partial charge in [-0.2, -0.15) is 0 Å². The summed E-state index contributed by atoms with van der Waals surface area (Å²) >= 11 is 0. The van der Waals surface area contributed by atoms with Gasteiger partial charge in [0.25, 0.3) is 5.91 Å². The number of amides is 2. The predicted octanol–water partition coefficient (Wildman–Crippen LogP) is 1.39. The summed E-state index contributed by atoms with van der Waals surface area (Å²) in [5, 5.41) is 5.40. The van der Waals surface area contributed by atoms with E-state index in [1.54, 1.807) is 14.2 Å². The lowest BCUT2D eigenvalue weighted by Gasteiger charge is -2.10. The Morgan fingerprint density at radius 2 is 0.510 bits per heavy atom. The highest BCUT2D eigenvalue weighted by Gasteiger charge is 2.20. The van der Waals surface area contributed by atoms with E-state index in [4.69, 9.17) is 120 Å². The molecule has 0 fully saturated rings. The summed E-state index contributed by atoms with van der Waals surface area (Å²) < 4.78 is 125. The number of anilines is 2. The van der Waals surface area contributed by atoms with Crippen molar-refractivity contribution in [2.24, 2.45) is 0 Å². The van der Waals surface area contributed by atoms with Crippen LogP contribution in [0.5, 0.6) is 0 Å². The van der Waals surface area contributed by atoms with Crippen LogP contribution in [-0.4, -0.2) is 351 Å². The number of aromatic nitrogens is 2. The highest BCUT2D eigenvalue weighted by Crippen LogP contribution is 2.16. The third-order valence-electron chi connectivity index (χ3n) is 12.9. The molecule has 1 heterocycles. The molecular weight excluding hydrogens is 1300 g/mol. The molecule has 0 aliphatic rings. The van der Waals surface area contributed by atoms with Gasteiger partial charge in [-0.15, -0.1) is 0 Å². The number of carbonyl (C=O) groups is 4. The quantitative estimate of drug-likeness (QED) is 0.0529. The van der Waals surface area contributed by atoms with Crippen LogP contribution in [0.1, 0.15) is 78.8 Å². The monoisotopic (exact) mass is 1420 g/mol. The van der Waals surface area contributed by atoms with Crippen LogP contribution in [0.25, 0.3) is 0 Å². The Morgan fingerprint density at radius 1 is 0.265 bits per heavy atom. The van der Waals surface area contributed by atoms with E-state index in [0.717, 1.165) is 19.3 Å². The van der Waals surface area contributed by atoms with E-state index in [-0.39, 0.29) is 86.7 Å². The zero-order valence-corrected chi connectivity index (χ0v) is 59.0. The van der Waals surface area contributed by atoms with Gasteiger partial charge in [-0.05, 0) is 32.1 Å². The van der Waals surface area contributed by atoms with Crippen LogP contribution in [0, 0.1) is 0 Å². The third-order valence-corrected chi connectivity index (χ3v) is 12.9. The van der Waals surface area contributed by atoms with Crippen molar-refractivity contribution >= 4 is 35.0 Å². The molecule has 0 aliphatic carbocycles. The van der Waals surface area contributed by atoms with Crippen molar-refractivity contribution in [3.63, 3.8) is 0 Å². The molecule has 33 heteroatoms. The Labute approximate surface area is 580 Å². The Hall–Kier alpha value is -3.96. The maximum atomic E-state index is 12.9. The number of carbonyl (C=O) groups excluding carboxylic acids is 4. The molecule has 1 aromatic rings. The number of hydrogen-bond acceptors (Lipinski definition) is 31. The number of nitrogens with one attached hydrogen (secondary N) is 2. The van der Waals surface area contributed by atoms with Crippen LogP contribution < -0.4 is 22.1 Å². The van der Waals surface area contributed by atoms with E-state index in [0.29, 0.717) is 290 Å². The van der Waals surface area contributed by atoms with Gasteiger partial charge in [-0.3, -0.25) is 19.2 Å². The van der Waals surface area contributed by atoms with Gasteiger partial charge in [0.1, 0.15) is 5.78 Å². The lowest BCUT2D eigenvalue weighted by molar-refractivity contribution is -0.122. The van der Waals surface area contributed by atoms with Gasteiger partial charge in [-0.1, -0.05) is 0 Å². The summed E-state index contributed by atoms with van der Waals surface area (Å²) in [7, 11) is 3.27. The number of unbranched alkanes of at least 4 members (excludes halogenated alkanes) is 2. The number of nitrogens with two attached hydrogens (primary N) is 2. The van der Waals surface area contributed by atoms with Crippen LogP contribution in [0.3, 0.4) is 0 Å². The number of ketones is 2. The predicted molar refractivity (Wildman–Crippen MR) is 358 cm³/mol. The minimum Gasteiger partial charge on any atom is -0.382 e. The van der Waals surface area contributed by atoms with E-state index in [2.05, 4.69) is 20.6 Å². The topological polar surface area (TPSA) is 382 Å². The highest BCUT2D eigenvalue weighted by molar-refractivity contribution is 6.01. The second kappa shape index (κ2) is 75.7. The SMILES string of the molecule is COCCOCCOCCOCCOCCOCCOCCCCCOCCOCCOCCOCCC(=O)NCCCC(=O)c1nc(N)c(C(=O)NCCCC(=O)CCOCCOCCOCCOCCOCCOCCOCCOCCOCCOCCOCCOC)nc1N. The fourth-order valence-corrected chi connectivity index (χ4v) is 7.70. The zero-order chi connectivity index (χ0) is 70.6. The summed E-state index contributed by atoms with van der Waals surface area (Å²) in [6, 6.07) is 0. The lowest BCUT2D eigenvalue weighted by Crippen LogP contribution is -2.28. The van der Waals surface area contributed by atoms with Gasteiger partial charge in [0, 0.05) is 66.2 Å². The van der Waals surface area contributed by atoms with Crippen molar-refractivity contribution in [1.29, 1.82) is 0 Å². The molecule has 0 radical (unpaired) electrons. The Kier molecular flexibility index (Phi) is 71.1. The van der Waals surface area contributed by atoms with Gasteiger partial charge in [0.05, 0.1) is 277 Å². The van der Waals surface area contributed by atoms with Gasteiger partial charge in [0.15, 0.2) is 28.8 Å². The maximum Gasteiger partial charge on any atom is 0.273 e. The number of nitrogen functional groups attached to an aromatic ring is 2. The molecule has 574 valence electrons. The first-order valence-electron chi connectivity index (χ1n) is 34.4. The Balaban J connectivity index is 1.85. The summed E-state index contributed by atoms with van der Waals surface area (Å²) in [6.07, 6.45) is 4.18. The van der Waals surface area contributed by atoms with Crippen molar-refractivity contribution in [2.45, 2.75) is 57.8 Å². The molecule has 33 nitrogen and oxygen atoms in total. The van der Waals surface area contributed by atoms with Gasteiger partial charge in [-0.25, -0.2) is 9.97 Å². The molecule has 0 aromatic carbocycles. The number of methoxy groups -OCH3 is 2. The standard InChI is InChI=1S/C65H122N6O27/c1-76-18-20-82-30-32-88-40-42-92-46-44-90-38-35-85-27-23-79-15-5-3-4-14-78-22-26-84-34-36-87-29-25-81-17-11-60(74)68-12-7-9-59(73)61-63(66)71-62(64(67)70-61)65(75)69-13-6-8-58(72)10-16-80-24-28-86-37-39-91-45-47-94-50-51-96-54-55-98-57-56-97-53-52-95-49-48-93-43-41-89-33-31-83-21-19-77-2/h3-57H2,1-2H3,(H2,66,71)(H2,67,70)(H,68,74)(H,69,75). The van der Waals surface area contributed by atoms with Crippen LogP contribution in [0.15, 0.2) is 0 Å². The molecule has 98 heavy (non-hydrogen) atoms. The van der Waals surface area contributed by atoms with Crippen LogP contribution in [0.4, 0.5) is 11.6 Å². The van der Waals surface area contributed by atoms with Gasteiger partial charge >= 0.3 is 0 Å². The molecule has 1 rings (SSSR count). The minimum atomic E-state index is -0.642. The number of rotatable bonds is 82. The average Bonchev–Trinajstić information content (AvgIpc) is 0.938. The molecule has 0 spiro atoms. The van der Waals surface area contributed by atoms with Crippen molar-refractivity contribution in [1.82, 2.24) is 20.6 Å². The van der Waals surface area contributed by atoms with Crippen molar-refractivity contribution in [2.75, 3.05) is 329 Å². The molecule has 2 amide bonds. The molecule has 1 aromatic heterocycles. The van der Waals surface area contributed by atoms with E-state index in [9.17, 15) is 19.2 Å². The molecule has 0 saturated heterocycles. The molecule has 0 aliphatic heterocycles. The first-order chi connectivity index (χ1) is 48.3. The molecule has 6 N–H and O–H groups in total. The van der Waals surface area contributed by atoms with Crippen LogP contribution in [-0.2, 0) is 119 Å². The molecule has 0 bridgehead atoms. The molecule has 0 atom stereocenters. The number of nitrogens with zero attached hydrogens (tertiary/aromatic N) is 2. The van der Waals surface area contributed by atoms with Crippen molar-refractivity contribution in [3.05, 3.63) is 11.4 Å². The second-order valence-electron chi connectivity index (χ2n) is 20.9. The number of Topliss-reactive ketones (excluding diaryl/α,β-unsaturated/α-hetero) is 2. The van der Waals surface area contributed by atoms with E-state index < -0.39 is 11.7 Å². The summed E-state index contributed by atoms with van der Waals surface area (Å²) in [5.74, 6) is -1.85. The van der Waals surface area contributed by atoms with Crippen molar-refractivity contribution in [3.8, 4) is 0 Å². The van der Waals surface area contributed by atoms with Crippen molar-refractivity contribution < 1.29 is 128 Å². The minimum absolute atomic E-state index is 0.00679. The smallest absolute Gasteiger partial charge is 0.273 e. The van der Waals surface area contributed by atoms with E-state index in [1.807, 2.05) is 0 Å². The fraction of sp³-hybridized carbons (Fsp3) is 0.877. The maximum absolute atomic E-state index is 12.9. The first-order valence-corrected chi connectivity index (χ1v) is 34.4. The van der Waals surface area contributed by atoms with Gasteiger partial charge < -0.3 is 131 Å². The Bertz CT molecular complexity index is 1800. The normalized spacial score (nSPS) is 11.5. The van der Waals surface area contributed by atoms with Crippen LogP contribution >= 0.6 is 0 Å². The Morgan fingerprint density at radius 3 is 0.827 bits per heavy atom.